The molecule has 0 aliphatic heterocycles. The topological polar surface area (TPSA) is 90.9 Å². The molecule has 1 N–H and O–H groups in total. The van der Waals surface area contributed by atoms with Crippen molar-refractivity contribution < 1.29 is 28.6 Å². The van der Waals surface area contributed by atoms with Gasteiger partial charge < -0.3 is 19.5 Å². The van der Waals surface area contributed by atoms with Crippen LogP contribution in [0.15, 0.2) is 72.8 Å². The number of rotatable bonds is 7. The van der Waals surface area contributed by atoms with Crippen LogP contribution in [0, 0.1) is 0 Å². The number of amides is 1. The third-order valence-corrected chi connectivity index (χ3v) is 4.49. The first-order valence-electron chi connectivity index (χ1n) is 9.40. The third kappa shape index (κ3) is 5.48. The van der Waals surface area contributed by atoms with Crippen LogP contribution in [0.5, 0.6) is 5.75 Å². The van der Waals surface area contributed by atoms with Gasteiger partial charge in [0.05, 0.1) is 31.0 Å². The molecule has 3 aromatic carbocycles. The van der Waals surface area contributed by atoms with Gasteiger partial charge in [-0.15, -0.1) is 0 Å². The van der Waals surface area contributed by atoms with Crippen LogP contribution < -0.4 is 10.1 Å². The first-order chi connectivity index (χ1) is 15.0. The van der Waals surface area contributed by atoms with E-state index in [0.717, 1.165) is 0 Å². The first kappa shape index (κ1) is 21.6. The van der Waals surface area contributed by atoms with Gasteiger partial charge in [0.2, 0.25) is 0 Å². The molecule has 31 heavy (non-hydrogen) atoms. The standard InChI is InChI=1S/C24H21NO6/c1-29-19-13-11-17(12-14-19)22(26)25-21-6-4-3-5-20(21)24(28)31-15-16-7-9-18(10-8-16)23(27)30-2/h3-14H,15H2,1-2H3,(H,25,26). The second-order valence-corrected chi connectivity index (χ2v) is 6.49. The number of esters is 2. The molecule has 0 radical (unpaired) electrons. The predicted molar refractivity (Wildman–Crippen MR) is 114 cm³/mol. The van der Waals surface area contributed by atoms with Crippen molar-refractivity contribution in [2.45, 2.75) is 6.61 Å². The second kappa shape index (κ2) is 10.1. The molecule has 3 aromatic rings. The van der Waals surface area contributed by atoms with Gasteiger partial charge >= 0.3 is 11.9 Å². The van der Waals surface area contributed by atoms with E-state index in [1.54, 1.807) is 79.9 Å². The molecule has 0 atom stereocenters. The minimum atomic E-state index is -0.581. The van der Waals surface area contributed by atoms with Crippen LogP contribution in [0.3, 0.4) is 0 Å². The Morgan fingerprint density at radius 1 is 0.774 bits per heavy atom. The van der Waals surface area contributed by atoms with Crippen molar-refractivity contribution in [2.75, 3.05) is 19.5 Å². The van der Waals surface area contributed by atoms with Gasteiger partial charge in [0.1, 0.15) is 12.4 Å². The maximum absolute atomic E-state index is 12.6. The number of carbonyl (C=O) groups excluding carboxylic acids is 3. The summed E-state index contributed by atoms with van der Waals surface area (Å²) in [5.41, 5.74) is 2.12. The third-order valence-electron chi connectivity index (χ3n) is 4.49. The molecule has 0 heterocycles. The number of hydrogen-bond acceptors (Lipinski definition) is 6. The zero-order valence-electron chi connectivity index (χ0n) is 17.1. The number of carbonyl (C=O) groups is 3. The van der Waals surface area contributed by atoms with E-state index < -0.39 is 11.9 Å². The van der Waals surface area contributed by atoms with Crippen LogP contribution >= 0.6 is 0 Å². The average molecular weight is 419 g/mol. The highest BCUT2D eigenvalue weighted by molar-refractivity contribution is 6.08. The quantitative estimate of drug-likeness (QED) is 0.580. The Bertz CT molecular complexity index is 1070. The summed E-state index contributed by atoms with van der Waals surface area (Å²) in [7, 11) is 2.85. The summed E-state index contributed by atoms with van der Waals surface area (Å²) in [6.07, 6.45) is 0. The van der Waals surface area contributed by atoms with E-state index in [-0.39, 0.29) is 18.1 Å². The molecule has 0 spiro atoms. The number of para-hydroxylation sites is 1. The van der Waals surface area contributed by atoms with Gasteiger partial charge in [-0.2, -0.15) is 0 Å². The van der Waals surface area contributed by atoms with Crippen molar-refractivity contribution in [1.29, 1.82) is 0 Å². The SMILES string of the molecule is COC(=O)c1ccc(COC(=O)c2ccccc2NC(=O)c2ccc(OC)cc2)cc1. The van der Waals surface area contributed by atoms with Crippen LogP contribution in [-0.4, -0.2) is 32.1 Å². The number of benzene rings is 3. The molecule has 0 aliphatic rings. The molecule has 0 unspecified atom stereocenters. The molecule has 0 fully saturated rings. The zero-order chi connectivity index (χ0) is 22.2. The molecule has 0 saturated heterocycles. The first-order valence-corrected chi connectivity index (χ1v) is 9.40. The monoisotopic (exact) mass is 419 g/mol. The van der Waals surface area contributed by atoms with E-state index in [4.69, 9.17) is 9.47 Å². The van der Waals surface area contributed by atoms with Crippen molar-refractivity contribution in [3.63, 3.8) is 0 Å². The maximum atomic E-state index is 12.6. The van der Waals surface area contributed by atoms with Crippen LogP contribution in [0.2, 0.25) is 0 Å². The number of nitrogens with one attached hydrogen (secondary N) is 1. The number of hydrogen-bond donors (Lipinski definition) is 1. The fraction of sp³-hybridized carbons (Fsp3) is 0.125. The Labute approximate surface area is 179 Å². The molecular formula is C24H21NO6. The number of anilines is 1. The summed E-state index contributed by atoms with van der Waals surface area (Å²) in [4.78, 5) is 36.6. The molecule has 3 rings (SSSR count). The van der Waals surface area contributed by atoms with Gasteiger partial charge in [-0.25, -0.2) is 9.59 Å². The highest BCUT2D eigenvalue weighted by atomic mass is 16.5. The zero-order valence-corrected chi connectivity index (χ0v) is 17.1. The predicted octanol–water partition coefficient (Wildman–Crippen LogP) is 4.09. The molecule has 0 aliphatic carbocycles. The fourth-order valence-corrected chi connectivity index (χ4v) is 2.79. The summed E-state index contributed by atoms with van der Waals surface area (Å²) in [5, 5.41) is 2.74. The normalized spacial score (nSPS) is 10.1. The van der Waals surface area contributed by atoms with Crippen LogP contribution in [-0.2, 0) is 16.1 Å². The van der Waals surface area contributed by atoms with Crippen LogP contribution in [0.25, 0.3) is 0 Å². The molecule has 158 valence electrons. The average Bonchev–Trinajstić information content (AvgIpc) is 2.82. The van der Waals surface area contributed by atoms with Gasteiger partial charge in [-0.3, -0.25) is 4.79 Å². The van der Waals surface area contributed by atoms with E-state index in [2.05, 4.69) is 10.1 Å². The molecule has 1 amide bonds. The lowest BCUT2D eigenvalue weighted by Gasteiger charge is -2.11. The Balaban J connectivity index is 1.66. The minimum absolute atomic E-state index is 0.0149. The lowest BCUT2D eigenvalue weighted by Crippen LogP contribution is -2.16. The molecular weight excluding hydrogens is 398 g/mol. The second-order valence-electron chi connectivity index (χ2n) is 6.49. The number of methoxy groups -OCH3 is 2. The van der Waals surface area contributed by atoms with Crippen LogP contribution in [0.4, 0.5) is 5.69 Å². The summed E-state index contributed by atoms with van der Waals surface area (Å²) >= 11 is 0. The fourth-order valence-electron chi connectivity index (χ4n) is 2.79. The van der Waals surface area contributed by atoms with E-state index in [1.165, 1.54) is 7.11 Å². The largest absolute Gasteiger partial charge is 0.497 e. The Hall–Kier alpha value is -4.13. The van der Waals surface area contributed by atoms with Crippen LogP contribution in [0.1, 0.15) is 36.6 Å². The smallest absolute Gasteiger partial charge is 0.340 e. The van der Waals surface area contributed by atoms with Crippen molar-refractivity contribution in [3.8, 4) is 5.75 Å². The minimum Gasteiger partial charge on any atom is -0.497 e. The Kier molecular flexibility index (Phi) is 7.01. The lowest BCUT2D eigenvalue weighted by molar-refractivity contribution is 0.0472. The molecule has 7 nitrogen and oxygen atoms in total. The maximum Gasteiger partial charge on any atom is 0.340 e. The molecule has 7 heteroatoms. The van der Waals surface area contributed by atoms with Gasteiger partial charge in [0.25, 0.3) is 5.91 Å². The van der Waals surface area contributed by atoms with Gasteiger partial charge in [0.15, 0.2) is 0 Å². The van der Waals surface area contributed by atoms with Crippen molar-refractivity contribution >= 4 is 23.5 Å². The molecule has 0 aromatic heterocycles. The summed E-state index contributed by atoms with van der Waals surface area (Å²) in [5.74, 6) is -0.741. The highest BCUT2D eigenvalue weighted by Gasteiger charge is 2.16. The van der Waals surface area contributed by atoms with Gasteiger partial charge in [-0.05, 0) is 54.1 Å². The van der Waals surface area contributed by atoms with E-state index >= 15 is 0 Å². The van der Waals surface area contributed by atoms with Gasteiger partial charge in [0, 0.05) is 5.56 Å². The van der Waals surface area contributed by atoms with Gasteiger partial charge in [-0.1, -0.05) is 24.3 Å². The summed E-state index contributed by atoms with van der Waals surface area (Å²) in [6, 6.07) is 19.8. The highest BCUT2D eigenvalue weighted by Crippen LogP contribution is 2.19. The molecule has 0 bridgehead atoms. The number of ether oxygens (including phenoxy) is 3. The summed E-state index contributed by atoms with van der Waals surface area (Å²) in [6.45, 7) is 0.0149. The van der Waals surface area contributed by atoms with E-state index in [1.807, 2.05) is 0 Å². The molecule has 0 saturated carbocycles. The van der Waals surface area contributed by atoms with Crippen molar-refractivity contribution in [2.24, 2.45) is 0 Å². The van der Waals surface area contributed by atoms with E-state index in [9.17, 15) is 14.4 Å². The lowest BCUT2D eigenvalue weighted by atomic mass is 10.1. The Morgan fingerprint density at radius 2 is 1.42 bits per heavy atom. The van der Waals surface area contributed by atoms with Crippen molar-refractivity contribution in [1.82, 2.24) is 0 Å². The van der Waals surface area contributed by atoms with E-state index in [0.29, 0.717) is 28.1 Å². The Morgan fingerprint density at radius 3 is 2.06 bits per heavy atom. The summed E-state index contributed by atoms with van der Waals surface area (Å²) < 4.78 is 15.1. The van der Waals surface area contributed by atoms with Crippen molar-refractivity contribution in [3.05, 3.63) is 95.1 Å².